The van der Waals surface area contributed by atoms with Gasteiger partial charge in [0.25, 0.3) is 0 Å². The molecule has 1 aliphatic heterocycles. The molecular weight excluding hydrogens is 374 g/mol. The number of nitrogens with one attached hydrogen (secondary N) is 1. The van der Waals surface area contributed by atoms with E-state index in [9.17, 15) is 0 Å². The van der Waals surface area contributed by atoms with Crippen molar-refractivity contribution < 1.29 is 4.74 Å². The topological polar surface area (TPSA) is 54.7 Å². The number of imidazole rings is 1. The molecule has 0 amide bonds. The van der Waals surface area contributed by atoms with Crippen LogP contribution >= 0.6 is 0 Å². The van der Waals surface area contributed by atoms with Crippen molar-refractivity contribution in [2.75, 3.05) is 26.7 Å². The summed E-state index contributed by atoms with van der Waals surface area (Å²) in [6, 6.07) is 17.1. The van der Waals surface area contributed by atoms with Crippen molar-refractivity contribution in [1.29, 1.82) is 0 Å². The molecule has 1 N–H and O–H groups in total. The average molecular weight is 404 g/mol. The minimum Gasteiger partial charge on any atom is -0.370 e. The van der Waals surface area contributed by atoms with Crippen LogP contribution in [0.3, 0.4) is 0 Å². The molecule has 1 fully saturated rings. The standard InChI is InChI=1S/C24H29N5O/c1-19-6-3-4-9-22(19)23-17-29(12-13-30-23)24(25-2)27-15-20-7-5-8-21(14-20)16-28-11-10-26-18-28/h3-11,14,18,23H,12-13,15-17H2,1-2H3,(H,25,27). The van der Waals surface area contributed by atoms with Crippen molar-refractivity contribution in [3.8, 4) is 0 Å². The normalized spacial score (nSPS) is 17.2. The Hall–Kier alpha value is -3.12. The molecule has 4 rings (SSSR count). The van der Waals surface area contributed by atoms with Gasteiger partial charge >= 0.3 is 0 Å². The number of benzene rings is 2. The molecule has 6 nitrogen and oxygen atoms in total. The second-order valence-electron chi connectivity index (χ2n) is 7.62. The van der Waals surface area contributed by atoms with Crippen molar-refractivity contribution in [2.45, 2.75) is 26.1 Å². The second-order valence-corrected chi connectivity index (χ2v) is 7.62. The number of ether oxygens (including phenoxy) is 1. The van der Waals surface area contributed by atoms with Crippen LogP contribution in [0.25, 0.3) is 0 Å². The van der Waals surface area contributed by atoms with Crippen LogP contribution in [0.15, 0.2) is 72.2 Å². The molecule has 3 aromatic rings. The molecule has 2 aromatic carbocycles. The number of nitrogens with zero attached hydrogens (tertiary/aromatic N) is 4. The largest absolute Gasteiger partial charge is 0.370 e. The fourth-order valence-corrected chi connectivity index (χ4v) is 3.92. The molecule has 1 unspecified atom stereocenters. The Morgan fingerprint density at radius 1 is 1.20 bits per heavy atom. The van der Waals surface area contributed by atoms with Gasteiger partial charge in [-0.2, -0.15) is 0 Å². The Bertz CT molecular complexity index is 983. The summed E-state index contributed by atoms with van der Waals surface area (Å²) in [4.78, 5) is 10.9. The Morgan fingerprint density at radius 3 is 2.87 bits per heavy atom. The van der Waals surface area contributed by atoms with E-state index in [1.54, 1.807) is 0 Å². The number of guanidine groups is 1. The third-order valence-corrected chi connectivity index (χ3v) is 5.48. The summed E-state index contributed by atoms with van der Waals surface area (Å²) >= 11 is 0. The lowest BCUT2D eigenvalue weighted by atomic mass is 10.0. The first kappa shape index (κ1) is 20.2. The second kappa shape index (κ2) is 9.59. The van der Waals surface area contributed by atoms with Crippen LogP contribution in [0.2, 0.25) is 0 Å². The minimum absolute atomic E-state index is 0.0667. The summed E-state index contributed by atoms with van der Waals surface area (Å²) in [6.45, 7) is 6.02. The van der Waals surface area contributed by atoms with Gasteiger partial charge in [-0.05, 0) is 29.2 Å². The Balaban J connectivity index is 1.38. The summed E-state index contributed by atoms with van der Waals surface area (Å²) < 4.78 is 8.14. The molecule has 1 aliphatic rings. The van der Waals surface area contributed by atoms with Gasteiger partial charge in [0.1, 0.15) is 6.10 Å². The lowest BCUT2D eigenvalue weighted by Crippen LogP contribution is -2.48. The van der Waals surface area contributed by atoms with Gasteiger partial charge in [-0.1, -0.05) is 48.5 Å². The van der Waals surface area contributed by atoms with Crippen molar-refractivity contribution in [3.05, 3.63) is 89.5 Å². The monoisotopic (exact) mass is 403 g/mol. The van der Waals surface area contributed by atoms with Crippen LogP contribution in [-0.4, -0.2) is 47.2 Å². The number of rotatable bonds is 5. The van der Waals surface area contributed by atoms with E-state index >= 15 is 0 Å². The Morgan fingerprint density at radius 2 is 2.07 bits per heavy atom. The van der Waals surface area contributed by atoms with Crippen molar-refractivity contribution in [1.82, 2.24) is 19.8 Å². The number of aryl methyl sites for hydroxylation is 1. The quantitative estimate of drug-likeness (QED) is 0.524. The van der Waals surface area contributed by atoms with Crippen molar-refractivity contribution in [2.24, 2.45) is 4.99 Å². The summed E-state index contributed by atoms with van der Waals surface area (Å²) in [5.74, 6) is 0.914. The van der Waals surface area contributed by atoms with Crippen molar-refractivity contribution >= 4 is 5.96 Å². The van der Waals surface area contributed by atoms with Crippen LogP contribution in [0.5, 0.6) is 0 Å². The van der Waals surface area contributed by atoms with E-state index in [1.807, 2.05) is 25.8 Å². The van der Waals surface area contributed by atoms with E-state index < -0.39 is 0 Å². The maximum absolute atomic E-state index is 6.07. The van der Waals surface area contributed by atoms with E-state index in [2.05, 4.69) is 80.2 Å². The Kier molecular flexibility index (Phi) is 6.44. The van der Waals surface area contributed by atoms with Crippen LogP contribution < -0.4 is 5.32 Å². The van der Waals surface area contributed by atoms with Gasteiger partial charge in [0, 0.05) is 39.1 Å². The fourth-order valence-electron chi connectivity index (χ4n) is 3.92. The first-order valence-electron chi connectivity index (χ1n) is 10.4. The highest BCUT2D eigenvalue weighted by molar-refractivity contribution is 5.80. The average Bonchev–Trinajstić information content (AvgIpc) is 3.28. The zero-order valence-electron chi connectivity index (χ0n) is 17.7. The number of hydrogen-bond acceptors (Lipinski definition) is 3. The zero-order valence-corrected chi connectivity index (χ0v) is 17.7. The van der Waals surface area contributed by atoms with Gasteiger partial charge < -0.3 is 19.5 Å². The molecule has 0 aliphatic carbocycles. The minimum atomic E-state index is 0.0667. The maximum atomic E-state index is 6.07. The van der Waals surface area contributed by atoms with Crippen molar-refractivity contribution in [3.63, 3.8) is 0 Å². The third-order valence-electron chi connectivity index (χ3n) is 5.48. The van der Waals surface area contributed by atoms with Crippen LogP contribution in [-0.2, 0) is 17.8 Å². The number of hydrogen-bond donors (Lipinski definition) is 1. The number of morpholine rings is 1. The highest BCUT2D eigenvalue weighted by Gasteiger charge is 2.25. The molecule has 1 aromatic heterocycles. The third kappa shape index (κ3) is 4.89. The highest BCUT2D eigenvalue weighted by atomic mass is 16.5. The first-order chi connectivity index (χ1) is 14.7. The predicted molar refractivity (Wildman–Crippen MR) is 119 cm³/mol. The van der Waals surface area contributed by atoms with E-state index in [1.165, 1.54) is 22.3 Å². The van der Waals surface area contributed by atoms with Gasteiger partial charge in [-0.25, -0.2) is 4.98 Å². The molecule has 6 heteroatoms. The summed E-state index contributed by atoms with van der Waals surface area (Å²) in [5, 5.41) is 3.53. The van der Waals surface area contributed by atoms with E-state index in [0.717, 1.165) is 32.1 Å². The molecule has 2 heterocycles. The Labute approximate surface area is 178 Å². The van der Waals surface area contributed by atoms with Crippen LogP contribution in [0, 0.1) is 6.92 Å². The van der Waals surface area contributed by atoms with Gasteiger partial charge in [-0.15, -0.1) is 0 Å². The molecule has 30 heavy (non-hydrogen) atoms. The number of aromatic nitrogens is 2. The maximum Gasteiger partial charge on any atom is 0.194 e. The fraction of sp³-hybridized carbons (Fsp3) is 0.333. The molecule has 1 saturated heterocycles. The van der Waals surface area contributed by atoms with E-state index in [0.29, 0.717) is 6.61 Å². The molecule has 0 bridgehead atoms. The molecule has 156 valence electrons. The zero-order chi connectivity index (χ0) is 20.8. The number of aliphatic imine (C=N–C) groups is 1. The summed E-state index contributed by atoms with van der Waals surface area (Å²) in [6.07, 6.45) is 5.70. The van der Waals surface area contributed by atoms with E-state index in [-0.39, 0.29) is 6.10 Å². The van der Waals surface area contributed by atoms with Gasteiger partial charge in [-0.3, -0.25) is 4.99 Å². The lowest BCUT2D eigenvalue weighted by Gasteiger charge is -2.35. The summed E-state index contributed by atoms with van der Waals surface area (Å²) in [7, 11) is 1.84. The van der Waals surface area contributed by atoms with Crippen LogP contribution in [0.4, 0.5) is 0 Å². The highest BCUT2D eigenvalue weighted by Crippen LogP contribution is 2.25. The van der Waals surface area contributed by atoms with E-state index in [4.69, 9.17) is 4.74 Å². The van der Waals surface area contributed by atoms with Gasteiger partial charge in [0.15, 0.2) is 5.96 Å². The molecule has 0 spiro atoms. The molecule has 0 radical (unpaired) electrons. The first-order valence-corrected chi connectivity index (χ1v) is 10.4. The predicted octanol–water partition coefficient (Wildman–Crippen LogP) is 3.39. The summed E-state index contributed by atoms with van der Waals surface area (Å²) in [5.41, 5.74) is 5.01. The van der Waals surface area contributed by atoms with Gasteiger partial charge in [0.2, 0.25) is 0 Å². The molecule has 1 atom stereocenters. The van der Waals surface area contributed by atoms with Crippen LogP contribution in [0.1, 0.15) is 28.4 Å². The lowest BCUT2D eigenvalue weighted by molar-refractivity contribution is -0.00833. The smallest absolute Gasteiger partial charge is 0.194 e. The molecule has 0 saturated carbocycles. The van der Waals surface area contributed by atoms with Gasteiger partial charge in [0.05, 0.1) is 19.5 Å². The SMILES string of the molecule is CN=C(NCc1cccc(Cn2ccnc2)c1)N1CCOC(c2ccccc2C)C1. The molecular formula is C24H29N5O.